The van der Waals surface area contributed by atoms with Crippen LogP contribution < -0.4 is 5.32 Å². The molecule has 0 saturated heterocycles. The number of aromatic nitrogens is 4. The summed E-state index contributed by atoms with van der Waals surface area (Å²) < 4.78 is 6.83. The van der Waals surface area contributed by atoms with Crippen LogP contribution in [0.2, 0.25) is 5.15 Å². The van der Waals surface area contributed by atoms with Crippen molar-refractivity contribution in [1.29, 1.82) is 0 Å². The van der Waals surface area contributed by atoms with E-state index >= 15 is 0 Å². The van der Waals surface area contributed by atoms with Gasteiger partial charge < -0.3 is 8.98 Å². The van der Waals surface area contributed by atoms with E-state index in [1.54, 1.807) is 23.4 Å². The van der Waals surface area contributed by atoms with Crippen LogP contribution in [0.15, 0.2) is 29.3 Å². The molecule has 20 heavy (non-hydrogen) atoms. The van der Waals surface area contributed by atoms with Crippen molar-refractivity contribution in [3.05, 3.63) is 35.6 Å². The van der Waals surface area contributed by atoms with Gasteiger partial charge in [-0.25, -0.2) is 4.98 Å². The molecule has 0 saturated carbocycles. The lowest BCUT2D eigenvalue weighted by Gasteiger charge is -2.04. The number of nitrogens with zero attached hydrogens (tertiary/aromatic N) is 4. The van der Waals surface area contributed by atoms with Gasteiger partial charge in [-0.15, -0.1) is 0 Å². The first-order valence-electron chi connectivity index (χ1n) is 5.80. The van der Waals surface area contributed by atoms with Gasteiger partial charge in [0.05, 0.1) is 25.4 Å². The zero-order valence-corrected chi connectivity index (χ0v) is 11.3. The van der Waals surface area contributed by atoms with E-state index < -0.39 is 0 Å². The molecule has 0 atom stereocenters. The van der Waals surface area contributed by atoms with Crippen LogP contribution in [0.4, 0.5) is 5.95 Å². The van der Waals surface area contributed by atoms with E-state index in [1.165, 1.54) is 6.92 Å². The molecule has 0 bridgehead atoms. The molecular formula is C12H10ClN5O2. The van der Waals surface area contributed by atoms with Crippen LogP contribution in [0.25, 0.3) is 11.2 Å². The Morgan fingerprint density at radius 3 is 3.05 bits per heavy atom. The van der Waals surface area contributed by atoms with E-state index in [0.717, 1.165) is 5.56 Å². The molecule has 0 radical (unpaired) electrons. The lowest BCUT2D eigenvalue weighted by molar-refractivity contribution is -0.114. The smallest absolute Gasteiger partial charge is 0.232 e. The highest BCUT2D eigenvalue weighted by Gasteiger charge is 2.13. The van der Waals surface area contributed by atoms with Crippen LogP contribution in [0.1, 0.15) is 12.5 Å². The van der Waals surface area contributed by atoms with Gasteiger partial charge in [-0.3, -0.25) is 10.1 Å². The maximum Gasteiger partial charge on any atom is 0.232 e. The maximum atomic E-state index is 11.1. The third-order valence-corrected chi connectivity index (χ3v) is 2.91. The Morgan fingerprint density at radius 2 is 2.35 bits per heavy atom. The minimum absolute atomic E-state index is 0.156. The lowest BCUT2D eigenvalue weighted by atomic mass is 10.3. The number of hydrogen-bond acceptors (Lipinski definition) is 5. The van der Waals surface area contributed by atoms with Crippen LogP contribution in [-0.4, -0.2) is 25.4 Å². The second-order valence-corrected chi connectivity index (χ2v) is 4.55. The van der Waals surface area contributed by atoms with E-state index in [9.17, 15) is 4.79 Å². The van der Waals surface area contributed by atoms with Crippen LogP contribution in [-0.2, 0) is 11.3 Å². The Kier molecular flexibility index (Phi) is 3.11. The molecule has 0 aliphatic heterocycles. The van der Waals surface area contributed by atoms with Gasteiger partial charge in [0, 0.05) is 12.5 Å². The highest BCUT2D eigenvalue weighted by Crippen LogP contribution is 2.21. The predicted molar refractivity (Wildman–Crippen MR) is 72.4 cm³/mol. The van der Waals surface area contributed by atoms with E-state index in [2.05, 4.69) is 20.3 Å². The van der Waals surface area contributed by atoms with Crippen molar-refractivity contribution in [2.75, 3.05) is 5.32 Å². The fourth-order valence-electron chi connectivity index (χ4n) is 1.82. The molecule has 0 unspecified atom stereocenters. The molecule has 0 aromatic carbocycles. The molecule has 3 rings (SSSR count). The summed E-state index contributed by atoms with van der Waals surface area (Å²) in [4.78, 5) is 23.5. The van der Waals surface area contributed by atoms with E-state index in [4.69, 9.17) is 16.0 Å². The molecule has 3 aromatic heterocycles. The number of amides is 1. The number of anilines is 1. The van der Waals surface area contributed by atoms with Crippen LogP contribution in [0.5, 0.6) is 0 Å². The zero-order valence-electron chi connectivity index (χ0n) is 10.5. The normalized spacial score (nSPS) is 10.9. The average Bonchev–Trinajstić information content (AvgIpc) is 3.00. The lowest BCUT2D eigenvalue weighted by Crippen LogP contribution is -2.10. The van der Waals surface area contributed by atoms with Crippen molar-refractivity contribution >= 4 is 34.6 Å². The molecule has 1 amide bonds. The van der Waals surface area contributed by atoms with Gasteiger partial charge in [-0.05, 0) is 6.07 Å². The minimum Gasteiger partial charge on any atom is -0.472 e. The molecule has 0 aliphatic carbocycles. The Balaban J connectivity index is 2.05. The van der Waals surface area contributed by atoms with Gasteiger partial charge in [0.15, 0.2) is 10.8 Å². The van der Waals surface area contributed by atoms with Gasteiger partial charge in [0.25, 0.3) is 0 Å². The van der Waals surface area contributed by atoms with Crippen LogP contribution >= 0.6 is 11.6 Å². The summed E-state index contributed by atoms with van der Waals surface area (Å²) in [5.41, 5.74) is 2.01. The predicted octanol–water partition coefficient (Wildman–Crippen LogP) is 2.08. The van der Waals surface area contributed by atoms with Crippen LogP contribution in [0, 0.1) is 0 Å². The topological polar surface area (TPSA) is 85.8 Å². The standard InChI is InChI=1S/C12H10ClN5O2/c1-7(19)15-12-16-10(13)9-11(17-12)18(6-14-9)4-8-2-3-20-5-8/h2-3,5-6H,4H2,1H3,(H,15,16,17,19). The van der Waals surface area contributed by atoms with Crippen LogP contribution in [0.3, 0.4) is 0 Å². The summed E-state index contributed by atoms with van der Waals surface area (Å²) in [5, 5.41) is 2.71. The van der Waals surface area contributed by atoms with Crippen molar-refractivity contribution in [2.45, 2.75) is 13.5 Å². The fraction of sp³-hybridized carbons (Fsp3) is 0.167. The molecular weight excluding hydrogens is 282 g/mol. The quantitative estimate of drug-likeness (QED) is 0.747. The zero-order chi connectivity index (χ0) is 14.1. The summed E-state index contributed by atoms with van der Waals surface area (Å²) in [6, 6.07) is 1.85. The monoisotopic (exact) mass is 291 g/mol. The number of carbonyl (C=O) groups excluding carboxylic acids is 1. The SMILES string of the molecule is CC(=O)Nc1nc(Cl)c2ncn(Cc3ccoc3)c2n1. The number of carbonyl (C=O) groups is 1. The molecule has 1 N–H and O–H groups in total. The van der Waals surface area contributed by atoms with Gasteiger partial charge in [0.2, 0.25) is 11.9 Å². The number of imidazole rings is 1. The molecule has 8 heteroatoms. The van der Waals surface area contributed by atoms with Gasteiger partial charge in [-0.2, -0.15) is 9.97 Å². The summed E-state index contributed by atoms with van der Waals surface area (Å²) in [6.07, 6.45) is 4.86. The highest BCUT2D eigenvalue weighted by molar-refractivity contribution is 6.33. The molecule has 3 heterocycles. The number of fused-ring (bicyclic) bond motifs is 1. The fourth-order valence-corrected chi connectivity index (χ4v) is 2.03. The summed E-state index contributed by atoms with van der Waals surface area (Å²) >= 11 is 6.04. The second-order valence-electron chi connectivity index (χ2n) is 4.20. The third-order valence-electron chi connectivity index (χ3n) is 2.64. The van der Waals surface area contributed by atoms with E-state index in [0.29, 0.717) is 17.7 Å². The first kappa shape index (κ1) is 12.6. The average molecular weight is 292 g/mol. The summed E-state index contributed by atoms with van der Waals surface area (Å²) in [7, 11) is 0. The first-order chi connectivity index (χ1) is 9.63. The Morgan fingerprint density at radius 1 is 1.50 bits per heavy atom. The third kappa shape index (κ3) is 2.35. The number of furan rings is 1. The molecule has 102 valence electrons. The number of nitrogens with one attached hydrogen (secondary N) is 1. The molecule has 0 fully saturated rings. The Hall–Kier alpha value is -2.41. The first-order valence-corrected chi connectivity index (χ1v) is 6.18. The van der Waals surface area contributed by atoms with Gasteiger partial charge >= 0.3 is 0 Å². The van der Waals surface area contributed by atoms with Crippen molar-refractivity contribution in [3.8, 4) is 0 Å². The van der Waals surface area contributed by atoms with Gasteiger partial charge in [-0.1, -0.05) is 11.6 Å². The largest absolute Gasteiger partial charge is 0.472 e. The van der Waals surface area contributed by atoms with E-state index in [-0.39, 0.29) is 17.0 Å². The second kappa shape index (κ2) is 4.93. The van der Waals surface area contributed by atoms with E-state index in [1.807, 2.05) is 6.07 Å². The number of rotatable bonds is 3. The van der Waals surface area contributed by atoms with Gasteiger partial charge in [0.1, 0.15) is 5.52 Å². The van der Waals surface area contributed by atoms with Crippen molar-refractivity contribution in [1.82, 2.24) is 19.5 Å². The number of halogens is 1. The molecule has 3 aromatic rings. The molecule has 0 spiro atoms. The van der Waals surface area contributed by atoms with Crippen molar-refractivity contribution in [3.63, 3.8) is 0 Å². The molecule has 7 nitrogen and oxygen atoms in total. The Bertz CT molecular complexity index is 766. The minimum atomic E-state index is -0.263. The number of hydrogen-bond donors (Lipinski definition) is 1. The maximum absolute atomic E-state index is 11.1. The Labute approximate surface area is 118 Å². The summed E-state index contributed by atoms with van der Waals surface area (Å²) in [6.45, 7) is 1.92. The summed E-state index contributed by atoms with van der Waals surface area (Å²) in [5.74, 6) is -0.106. The highest BCUT2D eigenvalue weighted by atomic mass is 35.5. The van der Waals surface area contributed by atoms with Crippen molar-refractivity contribution < 1.29 is 9.21 Å². The van der Waals surface area contributed by atoms with Crippen molar-refractivity contribution in [2.24, 2.45) is 0 Å². The molecule has 0 aliphatic rings.